The Morgan fingerprint density at radius 1 is 1.28 bits per heavy atom. The highest BCUT2D eigenvalue weighted by atomic mass is 16.5. The van der Waals surface area contributed by atoms with Crippen molar-refractivity contribution >= 4 is 5.82 Å². The first-order valence-electron chi connectivity index (χ1n) is 6.85. The highest BCUT2D eigenvalue weighted by Crippen LogP contribution is 2.38. The van der Waals surface area contributed by atoms with Crippen molar-refractivity contribution in [3.05, 3.63) is 17.6 Å². The number of nitrogens with one attached hydrogen (secondary N) is 1. The van der Waals surface area contributed by atoms with Crippen LogP contribution in [0.5, 0.6) is 0 Å². The first kappa shape index (κ1) is 13.3. The molecule has 1 aliphatic rings. The van der Waals surface area contributed by atoms with E-state index in [1.165, 1.54) is 19.3 Å². The van der Waals surface area contributed by atoms with Gasteiger partial charge in [0, 0.05) is 25.4 Å². The van der Waals surface area contributed by atoms with E-state index in [0.29, 0.717) is 0 Å². The van der Waals surface area contributed by atoms with E-state index in [9.17, 15) is 0 Å². The molecule has 0 aliphatic heterocycles. The van der Waals surface area contributed by atoms with Crippen LogP contribution in [0.25, 0.3) is 0 Å². The first-order valence-corrected chi connectivity index (χ1v) is 6.85. The number of rotatable bonds is 4. The summed E-state index contributed by atoms with van der Waals surface area (Å²) in [5.41, 5.74) is 0.729. The molecule has 1 aromatic heterocycles. The van der Waals surface area contributed by atoms with E-state index in [4.69, 9.17) is 4.74 Å². The fraction of sp³-hybridized carbons (Fsp3) is 0.714. The van der Waals surface area contributed by atoms with Crippen molar-refractivity contribution in [1.29, 1.82) is 0 Å². The van der Waals surface area contributed by atoms with Crippen molar-refractivity contribution in [2.75, 3.05) is 19.0 Å². The second kappa shape index (κ2) is 5.65. The fourth-order valence-corrected chi connectivity index (χ4v) is 2.69. The Balaban J connectivity index is 2.34. The van der Waals surface area contributed by atoms with Gasteiger partial charge in [0.05, 0.1) is 0 Å². The number of ether oxygens (including phenoxy) is 1. The van der Waals surface area contributed by atoms with Crippen molar-refractivity contribution in [3.63, 3.8) is 0 Å². The molecule has 4 heteroatoms. The molecule has 0 unspecified atom stereocenters. The Bertz CT molecular complexity index is 400. The van der Waals surface area contributed by atoms with Gasteiger partial charge in [-0.2, -0.15) is 0 Å². The van der Waals surface area contributed by atoms with Gasteiger partial charge in [-0.05, 0) is 26.7 Å². The standard InChI is InChI=1S/C14H23N3O/c1-4-15-12-10-11(2)16-13(17-12)14(18-3)8-6-5-7-9-14/h10H,4-9H2,1-3H3,(H,15,16,17). The van der Waals surface area contributed by atoms with E-state index in [1.807, 2.05) is 13.0 Å². The molecule has 1 fully saturated rings. The maximum Gasteiger partial charge on any atom is 0.162 e. The summed E-state index contributed by atoms with van der Waals surface area (Å²) in [6.07, 6.45) is 5.73. The summed E-state index contributed by atoms with van der Waals surface area (Å²) in [7, 11) is 1.78. The normalized spacial score (nSPS) is 18.6. The van der Waals surface area contributed by atoms with Crippen LogP contribution in [0.1, 0.15) is 50.5 Å². The predicted octanol–water partition coefficient (Wildman–Crippen LogP) is 3.02. The third-order valence-corrected chi connectivity index (χ3v) is 3.67. The van der Waals surface area contributed by atoms with Crippen LogP contribution in [0.3, 0.4) is 0 Å². The number of hydrogen-bond donors (Lipinski definition) is 1. The zero-order valence-electron chi connectivity index (χ0n) is 11.6. The van der Waals surface area contributed by atoms with Crippen molar-refractivity contribution in [3.8, 4) is 0 Å². The molecule has 2 rings (SSSR count). The highest BCUT2D eigenvalue weighted by molar-refractivity contribution is 5.36. The van der Waals surface area contributed by atoms with Gasteiger partial charge in [-0.25, -0.2) is 9.97 Å². The number of aromatic nitrogens is 2. The van der Waals surface area contributed by atoms with Crippen LogP contribution in [-0.2, 0) is 10.3 Å². The number of hydrogen-bond acceptors (Lipinski definition) is 4. The van der Waals surface area contributed by atoms with Gasteiger partial charge in [0.2, 0.25) is 0 Å². The molecule has 1 aliphatic carbocycles. The number of methoxy groups -OCH3 is 1. The molecule has 0 atom stereocenters. The van der Waals surface area contributed by atoms with Gasteiger partial charge in [0.1, 0.15) is 11.4 Å². The van der Waals surface area contributed by atoms with Gasteiger partial charge >= 0.3 is 0 Å². The average Bonchev–Trinajstić information content (AvgIpc) is 2.39. The Labute approximate surface area is 109 Å². The molecule has 0 saturated heterocycles. The third-order valence-electron chi connectivity index (χ3n) is 3.67. The van der Waals surface area contributed by atoms with Crippen molar-refractivity contribution in [2.24, 2.45) is 0 Å². The molecule has 18 heavy (non-hydrogen) atoms. The minimum atomic E-state index is -0.269. The van der Waals surface area contributed by atoms with Crippen LogP contribution in [-0.4, -0.2) is 23.6 Å². The summed E-state index contributed by atoms with van der Waals surface area (Å²) in [5.74, 6) is 1.75. The van der Waals surface area contributed by atoms with Gasteiger partial charge in [-0.15, -0.1) is 0 Å². The minimum absolute atomic E-state index is 0.269. The zero-order chi connectivity index (χ0) is 13.0. The Hall–Kier alpha value is -1.16. The van der Waals surface area contributed by atoms with Gasteiger partial charge < -0.3 is 10.1 Å². The van der Waals surface area contributed by atoms with Crippen LogP contribution in [0.15, 0.2) is 6.07 Å². The lowest BCUT2D eigenvalue weighted by molar-refractivity contribution is -0.0515. The number of aryl methyl sites for hydroxylation is 1. The summed E-state index contributed by atoms with van der Waals surface area (Å²) in [6, 6.07) is 1.99. The third kappa shape index (κ3) is 2.64. The number of nitrogens with zero attached hydrogens (tertiary/aromatic N) is 2. The smallest absolute Gasteiger partial charge is 0.162 e. The van der Waals surface area contributed by atoms with E-state index < -0.39 is 0 Å². The molecular formula is C14H23N3O. The molecule has 0 aromatic carbocycles. The molecule has 1 heterocycles. The number of anilines is 1. The molecule has 1 aromatic rings. The molecule has 0 amide bonds. The van der Waals surface area contributed by atoms with Gasteiger partial charge in [-0.3, -0.25) is 0 Å². The maximum absolute atomic E-state index is 5.80. The second-order valence-corrected chi connectivity index (χ2v) is 5.01. The quantitative estimate of drug-likeness (QED) is 0.891. The Morgan fingerprint density at radius 3 is 2.61 bits per heavy atom. The minimum Gasteiger partial charge on any atom is -0.370 e. The molecule has 1 N–H and O–H groups in total. The summed E-state index contributed by atoms with van der Waals surface area (Å²) >= 11 is 0. The summed E-state index contributed by atoms with van der Waals surface area (Å²) < 4.78 is 5.80. The lowest BCUT2D eigenvalue weighted by Crippen LogP contribution is -2.33. The SMILES string of the molecule is CCNc1cc(C)nc(C2(OC)CCCCC2)n1. The lowest BCUT2D eigenvalue weighted by atomic mass is 9.84. The summed E-state index contributed by atoms with van der Waals surface area (Å²) in [6.45, 7) is 4.96. The largest absolute Gasteiger partial charge is 0.370 e. The topological polar surface area (TPSA) is 47.0 Å². The van der Waals surface area contributed by atoms with E-state index in [1.54, 1.807) is 7.11 Å². The second-order valence-electron chi connectivity index (χ2n) is 5.01. The molecule has 0 radical (unpaired) electrons. The average molecular weight is 249 g/mol. The van der Waals surface area contributed by atoms with Crippen LogP contribution < -0.4 is 5.32 Å². The van der Waals surface area contributed by atoms with E-state index in [0.717, 1.165) is 36.7 Å². The van der Waals surface area contributed by atoms with Crippen LogP contribution >= 0.6 is 0 Å². The Kier molecular flexibility index (Phi) is 4.17. The monoisotopic (exact) mass is 249 g/mol. The first-order chi connectivity index (χ1) is 8.70. The molecule has 4 nitrogen and oxygen atoms in total. The lowest BCUT2D eigenvalue weighted by Gasteiger charge is -2.34. The molecule has 0 spiro atoms. The summed E-state index contributed by atoms with van der Waals surface area (Å²) in [5, 5.41) is 3.26. The molecule has 0 bridgehead atoms. The molecular weight excluding hydrogens is 226 g/mol. The van der Waals surface area contributed by atoms with E-state index in [2.05, 4.69) is 22.2 Å². The molecule has 100 valence electrons. The van der Waals surface area contributed by atoms with Crippen molar-refractivity contribution in [2.45, 2.75) is 51.6 Å². The highest BCUT2D eigenvalue weighted by Gasteiger charge is 2.37. The van der Waals surface area contributed by atoms with Crippen LogP contribution in [0.2, 0.25) is 0 Å². The van der Waals surface area contributed by atoms with Gasteiger partial charge in [0.15, 0.2) is 5.82 Å². The predicted molar refractivity (Wildman–Crippen MR) is 72.7 cm³/mol. The van der Waals surface area contributed by atoms with E-state index in [-0.39, 0.29) is 5.60 Å². The zero-order valence-corrected chi connectivity index (χ0v) is 11.6. The Morgan fingerprint density at radius 2 is 2.00 bits per heavy atom. The van der Waals surface area contributed by atoms with Crippen LogP contribution in [0, 0.1) is 6.92 Å². The molecule has 1 saturated carbocycles. The van der Waals surface area contributed by atoms with Crippen molar-refractivity contribution < 1.29 is 4.74 Å². The van der Waals surface area contributed by atoms with E-state index >= 15 is 0 Å². The summed E-state index contributed by atoms with van der Waals surface area (Å²) in [4.78, 5) is 9.25. The van der Waals surface area contributed by atoms with Crippen LogP contribution in [0.4, 0.5) is 5.82 Å². The maximum atomic E-state index is 5.80. The van der Waals surface area contributed by atoms with Gasteiger partial charge in [0.25, 0.3) is 0 Å². The van der Waals surface area contributed by atoms with Gasteiger partial charge in [-0.1, -0.05) is 19.3 Å². The fourth-order valence-electron chi connectivity index (χ4n) is 2.69. The van der Waals surface area contributed by atoms with Crippen molar-refractivity contribution in [1.82, 2.24) is 9.97 Å².